The van der Waals surface area contributed by atoms with Crippen molar-refractivity contribution in [2.45, 2.75) is 32.2 Å². The van der Waals surface area contributed by atoms with E-state index in [1.807, 2.05) is 22.5 Å². The maximum atomic E-state index is 12.7. The molecule has 0 spiro atoms. The molecule has 2 atom stereocenters. The van der Waals surface area contributed by atoms with Crippen LogP contribution in [-0.2, 0) is 11.3 Å². The molecule has 0 unspecified atom stereocenters. The Morgan fingerprint density at radius 1 is 1.07 bits per heavy atom. The van der Waals surface area contributed by atoms with Crippen LogP contribution in [0.4, 0.5) is 0 Å². The highest BCUT2D eigenvalue weighted by Gasteiger charge is 2.36. The molecule has 140 valence electrons. The van der Waals surface area contributed by atoms with Gasteiger partial charge in [0.15, 0.2) is 0 Å². The summed E-state index contributed by atoms with van der Waals surface area (Å²) in [6.45, 7) is 3.91. The van der Waals surface area contributed by atoms with Crippen LogP contribution in [0.3, 0.4) is 0 Å². The number of carbonyl (C=O) groups excluding carboxylic acids is 1. The lowest BCUT2D eigenvalue weighted by Crippen LogP contribution is -2.49. The van der Waals surface area contributed by atoms with E-state index in [9.17, 15) is 14.4 Å². The molecule has 0 saturated carbocycles. The lowest BCUT2D eigenvalue weighted by molar-refractivity contribution is -0.133. The van der Waals surface area contributed by atoms with Crippen LogP contribution in [0.2, 0.25) is 0 Å². The van der Waals surface area contributed by atoms with Gasteiger partial charge in [0.25, 0.3) is 5.56 Å². The number of amides is 1. The normalized spacial score (nSPS) is 20.9. The Kier molecular flexibility index (Phi) is 4.34. The molecule has 4 rings (SSSR count). The number of pyridine rings is 1. The lowest BCUT2D eigenvalue weighted by Gasteiger charge is -2.43. The maximum Gasteiger partial charge on any atom is 0.335 e. The fourth-order valence-electron chi connectivity index (χ4n) is 4.36. The van der Waals surface area contributed by atoms with E-state index in [2.05, 4.69) is 0 Å². The number of carboxylic acids is 1. The summed E-state index contributed by atoms with van der Waals surface area (Å²) in [7, 11) is 0. The van der Waals surface area contributed by atoms with E-state index in [0.717, 1.165) is 29.8 Å². The first-order chi connectivity index (χ1) is 13.0. The summed E-state index contributed by atoms with van der Waals surface area (Å²) in [6, 6.07) is 10.2. The number of nitrogens with zero attached hydrogens (tertiary/aromatic N) is 2. The molecule has 1 saturated heterocycles. The molecule has 27 heavy (non-hydrogen) atoms. The van der Waals surface area contributed by atoms with Crippen molar-refractivity contribution in [3.8, 4) is 11.1 Å². The smallest absolute Gasteiger partial charge is 0.335 e. The van der Waals surface area contributed by atoms with Crippen molar-refractivity contribution in [2.75, 3.05) is 13.1 Å². The second-order valence-electron chi connectivity index (χ2n) is 7.45. The Morgan fingerprint density at radius 2 is 1.81 bits per heavy atom. The van der Waals surface area contributed by atoms with E-state index < -0.39 is 5.97 Å². The van der Waals surface area contributed by atoms with Crippen LogP contribution < -0.4 is 5.56 Å². The minimum absolute atomic E-state index is 0.0326. The second-order valence-corrected chi connectivity index (χ2v) is 7.45. The maximum absolute atomic E-state index is 12.7. The predicted octanol–water partition coefficient (Wildman–Crippen LogP) is 2.57. The third-order valence-electron chi connectivity index (χ3n) is 5.68. The number of rotatable bonds is 3. The predicted molar refractivity (Wildman–Crippen MR) is 101 cm³/mol. The van der Waals surface area contributed by atoms with Gasteiger partial charge in [-0.05, 0) is 41.7 Å². The van der Waals surface area contributed by atoms with Crippen molar-refractivity contribution in [1.29, 1.82) is 0 Å². The number of aromatic nitrogens is 1. The molecule has 0 radical (unpaired) electrons. The van der Waals surface area contributed by atoms with E-state index in [1.165, 1.54) is 0 Å². The number of carboxylic acid groups (broad SMARTS) is 1. The largest absolute Gasteiger partial charge is 0.478 e. The summed E-state index contributed by atoms with van der Waals surface area (Å²) >= 11 is 0. The number of fused-ring (bicyclic) bond motifs is 4. The number of likely N-dealkylation sites (tertiary alicyclic amines) is 1. The van der Waals surface area contributed by atoms with Gasteiger partial charge >= 0.3 is 5.97 Å². The molecule has 3 heterocycles. The minimum Gasteiger partial charge on any atom is -0.478 e. The first kappa shape index (κ1) is 17.5. The van der Waals surface area contributed by atoms with Crippen LogP contribution in [0.15, 0.2) is 41.2 Å². The van der Waals surface area contributed by atoms with Crippen molar-refractivity contribution >= 4 is 11.9 Å². The Balaban J connectivity index is 1.71. The summed E-state index contributed by atoms with van der Waals surface area (Å²) in [5.41, 5.74) is 2.78. The third kappa shape index (κ3) is 3.16. The summed E-state index contributed by atoms with van der Waals surface area (Å²) in [5, 5.41) is 9.05. The zero-order valence-corrected chi connectivity index (χ0v) is 15.2. The summed E-state index contributed by atoms with van der Waals surface area (Å²) in [4.78, 5) is 37.9. The van der Waals surface area contributed by atoms with Crippen LogP contribution >= 0.6 is 0 Å². The van der Waals surface area contributed by atoms with Crippen LogP contribution in [0.1, 0.15) is 41.7 Å². The molecule has 2 bridgehead atoms. The van der Waals surface area contributed by atoms with Crippen molar-refractivity contribution in [3.05, 3.63) is 58.0 Å². The van der Waals surface area contributed by atoms with E-state index >= 15 is 0 Å². The highest BCUT2D eigenvalue weighted by atomic mass is 16.4. The first-order valence-electron chi connectivity index (χ1n) is 9.32. The fraction of sp³-hybridized carbons (Fsp3) is 0.381. The highest BCUT2D eigenvalue weighted by molar-refractivity contribution is 5.88. The molecular formula is C21H22N2O4. The van der Waals surface area contributed by atoms with Crippen LogP contribution in [0.25, 0.3) is 11.1 Å². The highest BCUT2D eigenvalue weighted by Crippen LogP contribution is 2.36. The van der Waals surface area contributed by atoms with Gasteiger partial charge in [0, 0.05) is 43.7 Å². The van der Waals surface area contributed by atoms with Crippen molar-refractivity contribution in [2.24, 2.45) is 5.92 Å². The number of benzene rings is 1. The molecule has 2 aliphatic rings. The molecule has 1 N–H and O–H groups in total. The summed E-state index contributed by atoms with van der Waals surface area (Å²) in [6.07, 6.45) is 1.50. The average molecular weight is 366 g/mol. The zero-order valence-electron chi connectivity index (χ0n) is 15.2. The zero-order chi connectivity index (χ0) is 19.1. The van der Waals surface area contributed by atoms with E-state index in [-0.39, 0.29) is 22.9 Å². The molecule has 6 heteroatoms. The van der Waals surface area contributed by atoms with E-state index in [0.29, 0.717) is 25.4 Å². The van der Waals surface area contributed by atoms with Crippen molar-refractivity contribution in [3.63, 3.8) is 0 Å². The Hall–Kier alpha value is -2.89. The van der Waals surface area contributed by atoms with Crippen LogP contribution in [-0.4, -0.2) is 39.5 Å². The number of aromatic carboxylic acids is 1. The van der Waals surface area contributed by atoms with Gasteiger partial charge in [-0.1, -0.05) is 19.1 Å². The van der Waals surface area contributed by atoms with Gasteiger partial charge in [0.2, 0.25) is 5.91 Å². The van der Waals surface area contributed by atoms with E-state index in [4.69, 9.17) is 5.11 Å². The van der Waals surface area contributed by atoms with E-state index in [1.54, 1.807) is 30.3 Å². The quantitative estimate of drug-likeness (QED) is 0.905. The molecule has 2 aromatic rings. The minimum atomic E-state index is -0.971. The molecule has 1 fully saturated rings. The lowest BCUT2D eigenvalue weighted by atomic mass is 9.82. The number of carbonyl (C=O) groups is 2. The Morgan fingerprint density at radius 3 is 2.48 bits per heavy atom. The van der Waals surface area contributed by atoms with Crippen molar-refractivity contribution in [1.82, 2.24) is 9.47 Å². The fourth-order valence-corrected chi connectivity index (χ4v) is 4.36. The second kappa shape index (κ2) is 6.68. The molecule has 1 amide bonds. The van der Waals surface area contributed by atoms with Gasteiger partial charge in [0.05, 0.1) is 5.56 Å². The first-order valence-corrected chi connectivity index (χ1v) is 9.32. The van der Waals surface area contributed by atoms with Crippen molar-refractivity contribution < 1.29 is 14.7 Å². The molecule has 0 aliphatic carbocycles. The SMILES string of the molecule is CCC(=O)N1C[C@@H]2C[C@H](C1)c1cc(-c3ccc(C(=O)O)cc3)cc(=O)n1C2. The molecule has 6 nitrogen and oxygen atoms in total. The van der Waals surface area contributed by atoms with Gasteiger partial charge < -0.3 is 14.6 Å². The number of hydrogen-bond donors (Lipinski definition) is 1. The Bertz CT molecular complexity index is 961. The van der Waals surface area contributed by atoms with Gasteiger partial charge in [-0.2, -0.15) is 0 Å². The molecule has 1 aromatic heterocycles. The topological polar surface area (TPSA) is 79.6 Å². The standard InChI is InChI=1S/C21H22N2O4/c1-2-19(24)22-10-13-7-17(12-22)18-8-16(9-20(25)23(18)11-13)14-3-5-15(6-4-14)21(26)27/h3-6,8-9,13,17H,2,7,10-12H2,1H3,(H,26,27)/t13-,17+/m0/s1. The molecule has 2 aliphatic heterocycles. The molecular weight excluding hydrogens is 344 g/mol. The number of hydrogen-bond acceptors (Lipinski definition) is 3. The summed E-state index contributed by atoms with van der Waals surface area (Å²) in [5.74, 6) is -0.314. The van der Waals surface area contributed by atoms with Gasteiger partial charge in [-0.3, -0.25) is 9.59 Å². The van der Waals surface area contributed by atoms with Gasteiger partial charge in [0.1, 0.15) is 0 Å². The third-order valence-corrected chi connectivity index (χ3v) is 5.68. The average Bonchev–Trinajstić information content (AvgIpc) is 2.68. The Labute approximate surface area is 157 Å². The number of piperidine rings is 1. The monoisotopic (exact) mass is 366 g/mol. The van der Waals surface area contributed by atoms with Crippen LogP contribution in [0, 0.1) is 5.92 Å². The van der Waals surface area contributed by atoms with Gasteiger partial charge in [-0.25, -0.2) is 4.79 Å². The van der Waals surface area contributed by atoms with Gasteiger partial charge in [-0.15, -0.1) is 0 Å². The molecule has 1 aromatic carbocycles. The summed E-state index contributed by atoms with van der Waals surface area (Å²) < 4.78 is 1.85. The van der Waals surface area contributed by atoms with Crippen LogP contribution in [0.5, 0.6) is 0 Å².